The highest BCUT2D eigenvalue weighted by Gasteiger charge is 2.19. The van der Waals surface area contributed by atoms with Gasteiger partial charge in [-0.15, -0.1) is 0 Å². The summed E-state index contributed by atoms with van der Waals surface area (Å²) in [5.74, 6) is 0.198. The largest absolute Gasteiger partial charge is 0.478 e. The van der Waals surface area contributed by atoms with Crippen molar-refractivity contribution >= 4 is 21.5 Å². The summed E-state index contributed by atoms with van der Waals surface area (Å²) < 4.78 is 32.3. The molecule has 0 radical (unpaired) electrons. The van der Waals surface area contributed by atoms with Crippen LogP contribution in [0.4, 0.5) is 11.5 Å². The zero-order chi connectivity index (χ0) is 16.3. The van der Waals surface area contributed by atoms with Gasteiger partial charge in [0.25, 0.3) is 15.9 Å². The van der Waals surface area contributed by atoms with Crippen LogP contribution in [0.2, 0.25) is 0 Å². The molecule has 2 aromatic rings. The highest BCUT2D eigenvalue weighted by molar-refractivity contribution is 7.92. The van der Waals surface area contributed by atoms with Crippen LogP contribution >= 0.6 is 0 Å². The van der Waals surface area contributed by atoms with Gasteiger partial charge >= 0.3 is 0 Å². The number of hydrogen-bond acceptors (Lipinski definition) is 6. The molecule has 0 aliphatic carbocycles. The van der Waals surface area contributed by atoms with Gasteiger partial charge in [0.05, 0.1) is 12.0 Å². The molecule has 0 atom stereocenters. The Labute approximate surface area is 135 Å². The summed E-state index contributed by atoms with van der Waals surface area (Å²) in [5, 5.41) is 0. The summed E-state index contributed by atoms with van der Waals surface area (Å²) in [5.41, 5.74) is 1.04. The zero-order valence-corrected chi connectivity index (χ0v) is 13.6. The van der Waals surface area contributed by atoms with E-state index in [2.05, 4.69) is 19.6 Å². The topological polar surface area (TPSA) is 84.4 Å². The molecule has 0 saturated carbocycles. The number of ether oxygens (including phenoxy) is 1. The standard InChI is InChI=1S/C15H18N4O3S/c1-22-15-14(16-8-9-17-15)18-23(20,21)13-6-4-12(5-7-13)19-10-2-3-11-19/h4-9H,2-3,10-11H2,1H3,(H,16,18). The number of rotatable bonds is 5. The highest BCUT2D eigenvalue weighted by atomic mass is 32.2. The monoisotopic (exact) mass is 334 g/mol. The van der Waals surface area contributed by atoms with Crippen molar-refractivity contribution in [1.82, 2.24) is 9.97 Å². The quantitative estimate of drug-likeness (QED) is 0.899. The van der Waals surface area contributed by atoms with Crippen molar-refractivity contribution in [2.45, 2.75) is 17.7 Å². The van der Waals surface area contributed by atoms with Gasteiger partial charge in [-0.2, -0.15) is 0 Å². The summed E-state index contributed by atoms with van der Waals surface area (Å²) in [4.78, 5) is 10.3. The molecule has 0 bridgehead atoms. The summed E-state index contributed by atoms with van der Waals surface area (Å²) >= 11 is 0. The van der Waals surface area contributed by atoms with E-state index in [4.69, 9.17) is 4.74 Å². The van der Waals surface area contributed by atoms with Crippen molar-refractivity contribution in [3.05, 3.63) is 36.7 Å². The fourth-order valence-electron chi connectivity index (χ4n) is 2.54. The first-order chi connectivity index (χ1) is 11.1. The third kappa shape index (κ3) is 3.37. The molecule has 1 aliphatic heterocycles. The molecule has 2 heterocycles. The lowest BCUT2D eigenvalue weighted by molar-refractivity contribution is 0.398. The molecular weight excluding hydrogens is 316 g/mol. The number of methoxy groups -OCH3 is 1. The molecule has 1 fully saturated rings. The lowest BCUT2D eigenvalue weighted by Gasteiger charge is -2.17. The molecular formula is C15H18N4O3S. The van der Waals surface area contributed by atoms with Crippen molar-refractivity contribution in [3.8, 4) is 5.88 Å². The van der Waals surface area contributed by atoms with Gasteiger partial charge in [-0.3, -0.25) is 4.72 Å². The maximum absolute atomic E-state index is 12.5. The maximum atomic E-state index is 12.5. The van der Waals surface area contributed by atoms with Crippen LogP contribution in [0.25, 0.3) is 0 Å². The van der Waals surface area contributed by atoms with E-state index in [0.717, 1.165) is 18.8 Å². The van der Waals surface area contributed by atoms with E-state index in [1.807, 2.05) is 12.1 Å². The van der Waals surface area contributed by atoms with Crippen molar-refractivity contribution in [1.29, 1.82) is 0 Å². The van der Waals surface area contributed by atoms with E-state index in [9.17, 15) is 8.42 Å². The minimum Gasteiger partial charge on any atom is -0.478 e. The Morgan fingerprint density at radius 3 is 2.39 bits per heavy atom. The second kappa shape index (κ2) is 6.41. The number of benzene rings is 1. The van der Waals surface area contributed by atoms with E-state index in [0.29, 0.717) is 0 Å². The van der Waals surface area contributed by atoms with E-state index in [1.54, 1.807) is 12.1 Å². The molecule has 23 heavy (non-hydrogen) atoms. The highest BCUT2D eigenvalue weighted by Crippen LogP contribution is 2.24. The first-order valence-electron chi connectivity index (χ1n) is 7.33. The molecule has 122 valence electrons. The van der Waals surface area contributed by atoms with Crippen molar-refractivity contribution in [2.75, 3.05) is 29.8 Å². The molecule has 8 heteroatoms. The zero-order valence-electron chi connectivity index (χ0n) is 12.8. The Balaban J connectivity index is 1.82. The average molecular weight is 334 g/mol. The maximum Gasteiger partial charge on any atom is 0.263 e. The van der Waals surface area contributed by atoms with Gasteiger partial charge in [0.1, 0.15) is 0 Å². The smallest absolute Gasteiger partial charge is 0.263 e. The van der Waals surface area contributed by atoms with Crippen LogP contribution < -0.4 is 14.4 Å². The molecule has 1 aromatic carbocycles. The normalized spacial score (nSPS) is 14.7. The number of hydrogen-bond donors (Lipinski definition) is 1. The van der Waals surface area contributed by atoms with Gasteiger partial charge in [-0.05, 0) is 37.1 Å². The third-order valence-corrected chi connectivity index (χ3v) is 5.06. The Bertz CT molecular complexity index is 772. The van der Waals surface area contributed by atoms with Gasteiger partial charge in [0.15, 0.2) is 0 Å². The first kappa shape index (κ1) is 15.5. The van der Waals surface area contributed by atoms with E-state index >= 15 is 0 Å². The fraction of sp³-hybridized carbons (Fsp3) is 0.333. The Morgan fingerprint density at radius 1 is 1.09 bits per heavy atom. The molecule has 0 unspecified atom stereocenters. The average Bonchev–Trinajstić information content (AvgIpc) is 3.10. The number of sulfonamides is 1. The minimum absolute atomic E-state index is 0.0682. The Kier molecular flexibility index (Phi) is 4.33. The van der Waals surface area contributed by atoms with Gasteiger partial charge in [-0.1, -0.05) is 0 Å². The van der Waals surface area contributed by atoms with E-state index in [-0.39, 0.29) is 16.6 Å². The third-order valence-electron chi connectivity index (χ3n) is 3.71. The van der Waals surface area contributed by atoms with E-state index < -0.39 is 10.0 Å². The lowest BCUT2D eigenvalue weighted by atomic mass is 10.3. The summed E-state index contributed by atoms with van der Waals surface area (Å²) in [6.07, 6.45) is 5.18. The van der Waals surface area contributed by atoms with Crippen LogP contribution in [0.15, 0.2) is 41.6 Å². The Hall–Kier alpha value is -2.35. The molecule has 1 aliphatic rings. The molecule has 7 nitrogen and oxygen atoms in total. The van der Waals surface area contributed by atoms with Gasteiger partial charge in [0.2, 0.25) is 5.82 Å². The molecule has 1 saturated heterocycles. The summed E-state index contributed by atoms with van der Waals surface area (Å²) in [7, 11) is -2.33. The van der Waals surface area contributed by atoms with Crippen LogP contribution in [0.3, 0.4) is 0 Å². The predicted octanol–water partition coefficient (Wildman–Crippen LogP) is 1.89. The predicted molar refractivity (Wildman–Crippen MR) is 87.3 cm³/mol. The summed E-state index contributed by atoms with van der Waals surface area (Å²) in [6, 6.07) is 6.85. The van der Waals surface area contributed by atoms with E-state index in [1.165, 1.54) is 32.3 Å². The van der Waals surface area contributed by atoms with Crippen molar-refractivity contribution < 1.29 is 13.2 Å². The van der Waals surface area contributed by atoms with Crippen LogP contribution in [-0.4, -0.2) is 38.6 Å². The van der Waals surface area contributed by atoms with Gasteiger partial charge < -0.3 is 9.64 Å². The van der Waals surface area contributed by atoms with Crippen LogP contribution in [-0.2, 0) is 10.0 Å². The molecule has 3 rings (SSSR count). The van der Waals surface area contributed by atoms with Crippen LogP contribution in [0, 0.1) is 0 Å². The van der Waals surface area contributed by atoms with Crippen molar-refractivity contribution in [3.63, 3.8) is 0 Å². The molecule has 0 amide bonds. The molecule has 1 aromatic heterocycles. The number of aromatic nitrogens is 2. The van der Waals surface area contributed by atoms with Crippen LogP contribution in [0.5, 0.6) is 5.88 Å². The second-order valence-corrected chi connectivity index (χ2v) is 6.89. The number of nitrogens with one attached hydrogen (secondary N) is 1. The SMILES string of the molecule is COc1nccnc1NS(=O)(=O)c1ccc(N2CCCC2)cc1. The molecule has 0 spiro atoms. The van der Waals surface area contributed by atoms with Gasteiger partial charge in [0, 0.05) is 31.2 Å². The first-order valence-corrected chi connectivity index (χ1v) is 8.81. The Morgan fingerprint density at radius 2 is 1.74 bits per heavy atom. The number of nitrogens with zero attached hydrogens (tertiary/aromatic N) is 3. The van der Waals surface area contributed by atoms with Gasteiger partial charge in [-0.25, -0.2) is 18.4 Å². The minimum atomic E-state index is -3.74. The lowest BCUT2D eigenvalue weighted by Crippen LogP contribution is -2.18. The van der Waals surface area contributed by atoms with Crippen LogP contribution in [0.1, 0.15) is 12.8 Å². The summed E-state index contributed by atoms with van der Waals surface area (Å²) in [6.45, 7) is 2.03. The number of anilines is 2. The van der Waals surface area contributed by atoms with Crippen molar-refractivity contribution in [2.24, 2.45) is 0 Å². The second-order valence-electron chi connectivity index (χ2n) is 5.21. The fourth-order valence-corrected chi connectivity index (χ4v) is 3.55. The molecule has 1 N–H and O–H groups in total.